The summed E-state index contributed by atoms with van der Waals surface area (Å²) in [6, 6.07) is 18.1. The Morgan fingerprint density at radius 3 is 2.35 bits per heavy atom. The van der Waals surface area contributed by atoms with Gasteiger partial charge in [0, 0.05) is 30.0 Å². The zero-order valence-corrected chi connectivity index (χ0v) is 20.3. The lowest BCUT2D eigenvalue weighted by molar-refractivity contribution is -0.117. The minimum Gasteiger partial charge on any atom is -0.511 e. The van der Waals surface area contributed by atoms with Gasteiger partial charge in [0.1, 0.15) is 16.3 Å². The smallest absolute Gasteiger partial charge is 0.341 e. The molecule has 0 unspecified atom stereocenters. The van der Waals surface area contributed by atoms with E-state index >= 15 is 0 Å². The Bertz CT molecular complexity index is 1270. The fraction of sp³-hybridized carbons (Fsp3) is 0.250. The summed E-state index contributed by atoms with van der Waals surface area (Å²) >= 11 is 1.30. The first-order chi connectivity index (χ1) is 16.3. The fourth-order valence-corrected chi connectivity index (χ4v) is 5.01. The van der Waals surface area contributed by atoms with Crippen molar-refractivity contribution >= 4 is 34.3 Å². The molecule has 174 valence electrons. The Labute approximate surface area is 203 Å². The van der Waals surface area contributed by atoms with E-state index in [1.165, 1.54) is 17.6 Å². The molecule has 5 nitrogen and oxygen atoms in total. The number of thiophene rings is 1. The molecule has 0 radical (unpaired) electrons. The van der Waals surface area contributed by atoms with Gasteiger partial charge in [-0.05, 0) is 29.0 Å². The third kappa shape index (κ3) is 5.02. The van der Waals surface area contributed by atoms with Crippen LogP contribution in [-0.2, 0) is 9.53 Å². The summed E-state index contributed by atoms with van der Waals surface area (Å²) in [5.74, 6) is -0.577. The molecule has 2 aromatic carbocycles. The Hall–Kier alpha value is -3.51. The van der Waals surface area contributed by atoms with Gasteiger partial charge in [0.15, 0.2) is 5.78 Å². The van der Waals surface area contributed by atoms with Gasteiger partial charge in [0.2, 0.25) is 0 Å². The Morgan fingerprint density at radius 1 is 1.06 bits per heavy atom. The Balaban J connectivity index is 1.69. The minimum atomic E-state index is -0.465. The molecule has 0 aliphatic heterocycles. The third-order valence-electron chi connectivity index (χ3n) is 5.76. The van der Waals surface area contributed by atoms with Crippen LogP contribution in [0, 0.1) is 5.41 Å². The molecule has 4 rings (SSSR count). The second kappa shape index (κ2) is 9.77. The van der Waals surface area contributed by atoms with Gasteiger partial charge in [-0.15, -0.1) is 11.3 Å². The third-order valence-corrected chi connectivity index (χ3v) is 6.65. The lowest BCUT2D eigenvalue weighted by Gasteiger charge is -2.28. The van der Waals surface area contributed by atoms with Crippen LogP contribution in [-0.4, -0.2) is 29.7 Å². The van der Waals surface area contributed by atoms with Crippen molar-refractivity contribution in [2.45, 2.75) is 33.6 Å². The van der Waals surface area contributed by atoms with E-state index in [1.807, 2.05) is 73.8 Å². The van der Waals surface area contributed by atoms with Crippen molar-refractivity contribution in [3.63, 3.8) is 0 Å². The number of nitrogens with zero attached hydrogens (tertiary/aromatic N) is 1. The monoisotopic (exact) mass is 473 g/mol. The number of Topliss-reactive ketones (excluding diaryl/α,β-unsaturated/α-hetero) is 1. The van der Waals surface area contributed by atoms with Crippen LogP contribution in [0.5, 0.6) is 0 Å². The standard InChI is InChI=1S/C28H27NO4S/c1-4-33-27(32)25-22(20-12-10-19(11-13-20)18-8-6-5-7-9-18)17-34-26(25)29-16-21-23(30)14-28(2,3)15-24(21)31/h5-13,16-17,30H,4,14-15H2,1-3H3/b29-16+. The summed E-state index contributed by atoms with van der Waals surface area (Å²) in [7, 11) is 0. The second-order valence-electron chi connectivity index (χ2n) is 9.05. The van der Waals surface area contributed by atoms with E-state index in [0.717, 1.165) is 22.3 Å². The van der Waals surface area contributed by atoms with Crippen molar-refractivity contribution in [2.24, 2.45) is 10.4 Å². The molecule has 0 spiro atoms. The average molecular weight is 474 g/mol. The van der Waals surface area contributed by atoms with E-state index in [-0.39, 0.29) is 29.1 Å². The van der Waals surface area contributed by atoms with E-state index in [1.54, 1.807) is 6.92 Å². The van der Waals surface area contributed by atoms with Gasteiger partial charge in [0.25, 0.3) is 0 Å². The molecule has 3 aromatic rings. The highest BCUT2D eigenvalue weighted by atomic mass is 32.1. The van der Waals surface area contributed by atoms with Crippen molar-refractivity contribution < 1.29 is 19.4 Å². The first kappa shape index (κ1) is 23.6. The topological polar surface area (TPSA) is 76.0 Å². The molecule has 1 aromatic heterocycles. The van der Waals surface area contributed by atoms with Crippen molar-refractivity contribution in [1.29, 1.82) is 0 Å². The number of hydrogen-bond acceptors (Lipinski definition) is 6. The van der Waals surface area contributed by atoms with Crippen LogP contribution in [0.15, 0.2) is 76.3 Å². The van der Waals surface area contributed by atoms with E-state index in [4.69, 9.17) is 4.74 Å². The first-order valence-electron chi connectivity index (χ1n) is 11.2. The predicted molar refractivity (Wildman–Crippen MR) is 137 cm³/mol. The van der Waals surface area contributed by atoms with Gasteiger partial charge in [-0.3, -0.25) is 4.79 Å². The summed E-state index contributed by atoms with van der Waals surface area (Å²) in [4.78, 5) is 29.8. The molecule has 0 bridgehead atoms. The number of aliphatic imine (C=N–C) groups is 1. The van der Waals surface area contributed by atoms with Gasteiger partial charge >= 0.3 is 5.97 Å². The molecule has 0 atom stereocenters. The average Bonchev–Trinajstić information content (AvgIpc) is 3.23. The zero-order valence-electron chi connectivity index (χ0n) is 19.5. The Kier molecular flexibility index (Phi) is 6.80. The normalized spacial score (nSPS) is 15.7. The van der Waals surface area contributed by atoms with E-state index in [0.29, 0.717) is 23.4 Å². The van der Waals surface area contributed by atoms with E-state index < -0.39 is 5.97 Å². The maximum absolute atomic E-state index is 12.9. The highest BCUT2D eigenvalue weighted by Gasteiger charge is 2.32. The number of aliphatic hydroxyl groups excluding tert-OH is 1. The van der Waals surface area contributed by atoms with Gasteiger partial charge in [-0.1, -0.05) is 68.4 Å². The quantitative estimate of drug-likeness (QED) is 0.304. The highest BCUT2D eigenvalue weighted by molar-refractivity contribution is 7.14. The lowest BCUT2D eigenvalue weighted by Crippen LogP contribution is -2.26. The van der Waals surface area contributed by atoms with Crippen LogP contribution >= 0.6 is 11.3 Å². The van der Waals surface area contributed by atoms with Crippen molar-refractivity contribution in [2.75, 3.05) is 6.61 Å². The molecule has 1 heterocycles. The number of carbonyl (C=O) groups excluding carboxylic acids is 2. The van der Waals surface area contributed by atoms with Crippen LogP contribution in [0.1, 0.15) is 44.0 Å². The van der Waals surface area contributed by atoms with Crippen molar-refractivity contribution in [1.82, 2.24) is 0 Å². The Morgan fingerprint density at radius 2 is 1.71 bits per heavy atom. The van der Waals surface area contributed by atoms with Crippen LogP contribution in [0.25, 0.3) is 22.3 Å². The molecule has 0 fully saturated rings. The van der Waals surface area contributed by atoms with Crippen LogP contribution in [0.2, 0.25) is 0 Å². The van der Waals surface area contributed by atoms with E-state index in [2.05, 4.69) is 4.99 Å². The minimum absolute atomic E-state index is 0.0379. The van der Waals surface area contributed by atoms with Crippen molar-refractivity contribution in [3.8, 4) is 22.3 Å². The second-order valence-corrected chi connectivity index (χ2v) is 9.91. The molecule has 0 amide bonds. The maximum atomic E-state index is 12.9. The van der Waals surface area contributed by atoms with Crippen LogP contribution in [0.4, 0.5) is 5.00 Å². The SMILES string of the molecule is CCOC(=O)c1c(-c2ccc(-c3ccccc3)cc2)csc1/N=C/C1=C(O)CC(C)(C)CC1=O. The molecule has 34 heavy (non-hydrogen) atoms. The largest absolute Gasteiger partial charge is 0.511 e. The number of rotatable bonds is 6. The zero-order chi connectivity index (χ0) is 24.3. The molecule has 1 N–H and O–H groups in total. The number of ketones is 1. The number of ether oxygens (including phenoxy) is 1. The molecule has 1 aliphatic rings. The molecule has 0 saturated heterocycles. The number of esters is 1. The van der Waals surface area contributed by atoms with Crippen LogP contribution < -0.4 is 0 Å². The molecular weight excluding hydrogens is 446 g/mol. The van der Waals surface area contributed by atoms with E-state index in [9.17, 15) is 14.7 Å². The summed E-state index contributed by atoms with van der Waals surface area (Å²) in [6.07, 6.45) is 2.13. The van der Waals surface area contributed by atoms with Gasteiger partial charge in [0.05, 0.1) is 12.2 Å². The van der Waals surface area contributed by atoms with Crippen molar-refractivity contribution in [3.05, 3.63) is 76.9 Å². The van der Waals surface area contributed by atoms with Gasteiger partial charge < -0.3 is 9.84 Å². The number of hydrogen-bond donors (Lipinski definition) is 1. The lowest BCUT2D eigenvalue weighted by atomic mass is 9.77. The number of carbonyl (C=O) groups is 2. The molecular formula is C28H27NO4S. The molecule has 1 aliphatic carbocycles. The first-order valence-corrected chi connectivity index (χ1v) is 12.1. The summed E-state index contributed by atoms with van der Waals surface area (Å²) in [6.45, 7) is 5.89. The predicted octanol–water partition coefficient (Wildman–Crippen LogP) is 7.16. The number of aliphatic hydroxyl groups is 1. The maximum Gasteiger partial charge on any atom is 0.341 e. The summed E-state index contributed by atoms with van der Waals surface area (Å²) in [5.41, 5.74) is 4.08. The molecule has 6 heteroatoms. The summed E-state index contributed by atoms with van der Waals surface area (Å²) < 4.78 is 5.31. The fourth-order valence-electron chi connectivity index (χ4n) is 4.10. The van der Waals surface area contributed by atoms with Gasteiger partial charge in [-0.2, -0.15) is 0 Å². The van der Waals surface area contributed by atoms with Gasteiger partial charge in [-0.25, -0.2) is 9.79 Å². The summed E-state index contributed by atoms with van der Waals surface area (Å²) in [5, 5.41) is 12.7. The number of benzene rings is 2. The molecule has 0 saturated carbocycles. The number of allylic oxidation sites excluding steroid dienone is 2. The van der Waals surface area contributed by atoms with Crippen LogP contribution in [0.3, 0.4) is 0 Å². The highest BCUT2D eigenvalue weighted by Crippen LogP contribution is 2.40.